The van der Waals surface area contributed by atoms with E-state index in [2.05, 4.69) is 48.3 Å². The number of piperidine rings is 1. The summed E-state index contributed by atoms with van der Waals surface area (Å²) in [5.74, 6) is 1.69. The van der Waals surface area contributed by atoms with Crippen molar-refractivity contribution in [2.75, 3.05) is 13.1 Å². The molecular weight excluding hydrogens is 302 g/mol. The van der Waals surface area contributed by atoms with Crippen LogP contribution in [0.1, 0.15) is 45.1 Å². The minimum absolute atomic E-state index is 0.0701. The molecule has 0 spiro atoms. The second-order valence-electron chi connectivity index (χ2n) is 7.01. The van der Waals surface area contributed by atoms with Crippen LogP contribution in [0.25, 0.3) is 11.4 Å². The van der Waals surface area contributed by atoms with Gasteiger partial charge in [-0.15, -0.1) is 10.2 Å². The molecular formula is C18H25N5O. The molecule has 0 radical (unpaired) electrons. The maximum atomic E-state index is 12.4. The normalized spacial score (nSPS) is 18.2. The highest BCUT2D eigenvalue weighted by atomic mass is 16.2. The van der Waals surface area contributed by atoms with Gasteiger partial charge in [0.05, 0.1) is 0 Å². The van der Waals surface area contributed by atoms with Gasteiger partial charge >= 0.3 is 0 Å². The van der Waals surface area contributed by atoms with Crippen molar-refractivity contribution in [1.29, 1.82) is 0 Å². The van der Waals surface area contributed by atoms with E-state index in [1.54, 1.807) is 0 Å². The maximum Gasteiger partial charge on any atom is 0.246 e. The molecule has 0 bridgehead atoms. The fourth-order valence-electron chi connectivity index (χ4n) is 3.08. The van der Waals surface area contributed by atoms with E-state index in [1.165, 1.54) is 16.8 Å². The third-order valence-electron chi connectivity index (χ3n) is 4.57. The molecule has 128 valence electrons. The lowest BCUT2D eigenvalue weighted by molar-refractivity contribution is -0.134. The molecule has 1 amide bonds. The quantitative estimate of drug-likeness (QED) is 0.866. The zero-order valence-electron chi connectivity index (χ0n) is 14.6. The molecule has 1 atom stereocenters. The number of hydrogen-bond donors (Lipinski definition) is 0. The van der Waals surface area contributed by atoms with Crippen LogP contribution in [0, 0.1) is 5.92 Å². The third kappa shape index (κ3) is 3.80. The number of amides is 1. The smallest absolute Gasteiger partial charge is 0.246 e. The Bertz CT molecular complexity index is 692. The number of carbonyl (C=O) groups excluding carboxylic acids is 1. The van der Waals surface area contributed by atoms with Crippen molar-refractivity contribution in [3.8, 4) is 11.4 Å². The Morgan fingerprint density at radius 1 is 1.29 bits per heavy atom. The number of aromatic nitrogens is 4. The van der Waals surface area contributed by atoms with Crippen LogP contribution in [0.5, 0.6) is 0 Å². The second kappa shape index (κ2) is 7.11. The molecule has 2 aromatic rings. The van der Waals surface area contributed by atoms with Gasteiger partial charge in [0.1, 0.15) is 6.54 Å². The van der Waals surface area contributed by atoms with E-state index in [9.17, 15) is 4.79 Å². The van der Waals surface area contributed by atoms with E-state index in [4.69, 9.17) is 0 Å². The van der Waals surface area contributed by atoms with Gasteiger partial charge in [-0.3, -0.25) is 4.79 Å². The average Bonchev–Trinajstić information content (AvgIpc) is 3.03. The molecule has 0 saturated carbocycles. The van der Waals surface area contributed by atoms with E-state index in [1.807, 2.05) is 17.0 Å². The molecule has 2 heterocycles. The zero-order chi connectivity index (χ0) is 17.1. The summed E-state index contributed by atoms with van der Waals surface area (Å²) in [5, 5.41) is 12.5. The summed E-state index contributed by atoms with van der Waals surface area (Å²) in [6.45, 7) is 8.33. The van der Waals surface area contributed by atoms with E-state index < -0.39 is 0 Å². The molecule has 1 fully saturated rings. The summed E-state index contributed by atoms with van der Waals surface area (Å²) in [4.78, 5) is 15.7. The van der Waals surface area contributed by atoms with Crippen molar-refractivity contribution in [3.63, 3.8) is 0 Å². The molecule has 1 unspecified atom stereocenters. The Morgan fingerprint density at radius 2 is 2.04 bits per heavy atom. The molecule has 1 aromatic carbocycles. The van der Waals surface area contributed by atoms with Crippen LogP contribution < -0.4 is 0 Å². The average molecular weight is 327 g/mol. The van der Waals surface area contributed by atoms with Gasteiger partial charge in [0, 0.05) is 18.7 Å². The van der Waals surface area contributed by atoms with Gasteiger partial charge in [-0.25, -0.2) is 0 Å². The summed E-state index contributed by atoms with van der Waals surface area (Å²) >= 11 is 0. The summed E-state index contributed by atoms with van der Waals surface area (Å²) in [5.41, 5.74) is 2.20. The topological polar surface area (TPSA) is 63.9 Å². The van der Waals surface area contributed by atoms with E-state index in [0.717, 1.165) is 25.1 Å². The van der Waals surface area contributed by atoms with Crippen molar-refractivity contribution in [2.24, 2.45) is 5.92 Å². The number of benzene rings is 1. The summed E-state index contributed by atoms with van der Waals surface area (Å²) in [6.07, 6.45) is 2.27. The molecule has 0 N–H and O–H groups in total. The van der Waals surface area contributed by atoms with Gasteiger partial charge in [-0.1, -0.05) is 45.0 Å². The van der Waals surface area contributed by atoms with E-state index in [0.29, 0.717) is 17.7 Å². The first-order chi connectivity index (χ1) is 11.5. The zero-order valence-corrected chi connectivity index (χ0v) is 14.6. The molecule has 1 aliphatic rings. The Balaban J connectivity index is 1.65. The van der Waals surface area contributed by atoms with Gasteiger partial charge in [0.25, 0.3) is 0 Å². The first-order valence-electron chi connectivity index (χ1n) is 8.69. The largest absolute Gasteiger partial charge is 0.341 e. The van der Waals surface area contributed by atoms with Crippen LogP contribution in [-0.4, -0.2) is 44.1 Å². The fourth-order valence-corrected chi connectivity index (χ4v) is 3.08. The first-order valence-corrected chi connectivity index (χ1v) is 8.69. The maximum absolute atomic E-state index is 12.4. The Morgan fingerprint density at radius 3 is 2.71 bits per heavy atom. The van der Waals surface area contributed by atoms with Crippen molar-refractivity contribution >= 4 is 5.91 Å². The predicted octanol–water partition coefficient (Wildman–Crippen LogP) is 2.72. The van der Waals surface area contributed by atoms with E-state index in [-0.39, 0.29) is 12.5 Å². The van der Waals surface area contributed by atoms with Gasteiger partial charge in [-0.2, -0.15) is 4.80 Å². The Hall–Kier alpha value is -2.24. The lowest BCUT2D eigenvalue weighted by atomic mass is 10.0. The van der Waals surface area contributed by atoms with Crippen LogP contribution in [0.3, 0.4) is 0 Å². The highest BCUT2D eigenvalue weighted by Crippen LogP contribution is 2.19. The highest BCUT2D eigenvalue weighted by Gasteiger charge is 2.21. The van der Waals surface area contributed by atoms with Crippen LogP contribution in [0.15, 0.2) is 24.3 Å². The van der Waals surface area contributed by atoms with Crippen molar-refractivity contribution in [2.45, 2.75) is 46.1 Å². The lowest BCUT2D eigenvalue weighted by Gasteiger charge is -2.30. The highest BCUT2D eigenvalue weighted by molar-refractivity contribution is 5.75. The van der Waals surface area contributed by atoms with Crippen LogP contribution in [0.4, 0.5) is 0 Å². The SMILES string of the molecule is CC1CCCN(C(=O)Cn2nnc(-c3ccc(C(C)C)cc3)n2)C1. The Kier molecular flexibility index (Phi) is 4.92. The molecule has 1 aliphatic heterocycles. The van der Waals surface area contributed by atoms with Crippen molar-refractivity contribution in [3.05, 3.63) is 29.8 Å². The van der Waals surface area contributed by atoms with Gasteiger partial charge in [0.15, 0.2) is 0 Å². The third-order valence-corrected chi connectivity index (χ3v) is 4.57. The van der Waals surface area contributed by atoms with Gasteiger partial charge < -0.3 is 4.90 Å². The number of carbonyl (C=O) groups is 1. The van der Waals surface area contributed by atoms with Crippen LogP contribution in [0.2, 0.25) is 0 Å². The predicted molar refractivity (Wildman–Crippen MR) is 92.3 cm³/mol. The molecule has 1 aromatic heterocycles. The molecule has 0 aliphatic carbocycles. The number of rotatable bonds is 4. The fraction of sp³-hybridized carbons (Fsp3) is 0.556. The molecule has 6 heteroatoms. The van der Waals surface area contributed by atoms with Crippen LogP contribution in [-0.2, 0) is 11.3 Å². The number of likely N-dealkylation sites (tertiary alicyclic amines) is 1. The minimum Gasteiger partial charge on any atom is -0.341 e. The summed E-state index contributed by atoms with van der Waals surface area (Å²) < 4.78 is 0. The minimum atomic E-state index is 0.0701. The van der Waals surface area contributed by atoms with Crippen molar-refractivity contribution in [1.82, 2.24) is 25.1 Å². The number of hydrogen-bond acceptors (Lipinski definition) is 4. The van der Waals surface area contributed by atoms with E-state index >= 15 is 0 Å². The first kappa shape index (κ1) is 16.6. The summed E-state index contributed by atoms with van der Waals surface area (Å²) in [6, 6.07) is 8.18. The summed E-state index contributed by atoms with van der Waals surface area (Å²) in [7, 11) is 0. The second-order valence-corrected chi connectivity index (χ2v) is 7.01. The molecule has 1 saturated heterocycles. The van der Waals surface area contributed by atoms with Gasteiger partial charge in [0.2, 0.25) is 11.7 Å². The number of nitrogens with zero attached hydrogens (tertiary/aromatic N) is 5. The molecule has 6 nitrogen and oxygen atoms in total. The molecule has 3 rings (SSSR count). The monoisotopic (exact) mass is 327 g/mol. The Labute approximate surface area is 142 Å². The number of tetrazole rings is 1. The standard InChI is InChI=1S/C18H25N5O/c1-13(2)15-6-8-16(9-7-15)18-19-21-23(20-18)12-17(24)22-10-4-5-14(3)11-22/h6-9,13-14H,4-5,10-12H2,1-3H3. The van der Waals surface area contributed by atoms with Gasteiger partial charge in [-0.05, 0) is 35.5 Å². The van der Waals surface area contributed by atoms with Crippen LogP contribution >= 0.6 is 0 Å². The molecule has 24 heavy (non-hydrogen) atoms. The van der Waals surface area contributed by atoms with Crippen molar-refractivity contribution < 1.29 is 4.79 Å². The lowest BCUT2D eigenvalue weighted by Crippen LogP contribution is -2.41.